The molecule has 0 radical (unpaired) electrons. The number of hydrogen-bond acceptors (Lipinski definition) is 5. The van der Waals surface area contributed by atoms with E-state index >= 15 is 0 Å². The van der Waals surface area contributed by atoms with E-state index in [1.165, 1.54) is 70.0 Å². The number of nitrogens with zero attached hydrogens (tertiary/aromatic N) is 2. The third kappa shape index (κ3) is 18.2. The van der Waals surface area contributed by atoms with Crippen molar-refractivity contribution >= 4 is 23.7 Å². The number of carboxylic acid groups (broad SMARTS) is 2. The van der Waals surface area contributed by atoms with Crippen LogP contribution in [-0.2, 0) is 20.9 Å². The predicted molar refractivity (Wildman–Crippen MR) is 117 cm³/mol. The Bertz CT molecular complexity index is 499. The highest BCUT2D eigenvalue weighted by Crippen LogP contribution is 2.17. The van der Waals surface area contributed by atoms with Gasteiger partial charge in [-0.2, -0.15) is 11.8 Å². The second-order valence-corrected chi connectivity index (χ2v) is 8.41. The molecule has 1 heterocycles. The van der Waals surface area contributed by atoms with Crippen LogP contribution in [0.5, 0.6) is 0 Å². The maximum atomic E-state index is 9.10. The Morgan fingerprint density at radius 2 is 1.55 bits per heavy atom. The van der Waals surface area contributed by atoms with Crippen molar-refractivity contribution in [2.45, 2.75) is 82.9 Å². The molecule has 0 saturated heterocycles. The molecular weight excluding hydrogens is 392 g/mol. The van der Waals surface area contributed by atoms with Crippen LogP contribution in [0.2, 0.25) is 0 Å². The summed E-state index contributed by atoms with van der Waals surface area (Å²) in [5.74, 6) is -2.40. The Labute approximate surface area is 179 Å². The number of methoxy groups -OCH3 is 1. The summed E-state index contributed by atoms with van der Waals surface area (Å²) in [5, 5.41) is 15.3. The van der Waals surface area contributed by atoms with Gasteiger partial charge in [0.15, 0.2) is 0 Å². The van der Waals surface area contributed by atoms with Gasteiger partial charge < -0.3 is 19.5 Å². The first-order chi connectivity index (χ1) is 14.0. The molecule has 7 nitrogen and oxygen atoms in total. The molecule has 0 aliphatic rings. The quantitative estimate of drug-likeness (QED) is 0.289. The van der Waals surface area contributed by atoms with Gasteiger partial charge in [0.1, 0.15) is 0 Å². The maximum Gasteiger partial charge on any atom is 0.414 e. The van der Waals surface area contributed by atoms with E-state index in [0.29, 0.717) is 5.25 Å². The second kappa shape index (κ2) is 19.8. The molecule has 0 aromatic carbocycles. The maximum absolute atomic E-state index is 9.10. The van der Waals surface area contributed by atoms with Crippen LogP contribution in [0.1, 0.15) is 71.1 Å². The molecule has 0 bridgehead atoms. The minimum absolute atomic E-state index is 0.535. The van der Waals surface area contributed by atoms with Crippen molar-refractivity contribution < 1.29 is 24.5 Å². The molecule has 1 atom stereocenters. The summed E-state index contributed by atoms with van der Waals surface area (Å²) in [6.07, 6.45) is 19.8. The fourth-order valence-corrected chi connectivity index (χ4v) is 4.02. The van der Waals surface area contributed by atoms with E-state index in [1.54, 1.807) is 7.11 Å². The summed E-state index contributed by atoms with van der Waals surface area (Å²) < 4.78 is 7.50. The Kier molecular flexibility index (Phi) is 18.7. The van der Waals surface area contributed by atoms with Crippen molar-refractivity contribution in [2.75, 3.05) is 19.5 Å². The number of carboxylic acids is 2. The molecule has 1 aromatic heterocycles. The molecule has 0 aliphatic carbocycles. The van der Waals surface area contributed by atoms with Crippen molar-refractivity contribution in [3.05, 3.63) is 18.7 Å². The molecule has 1 unspecified atom stereocenters. The van der Waals surface area contributed by atoms with Crippen LogP contribution in [0, 0.1) is 0 Å². The van der Waals surface area contributed by atoms with E-state index in [9.17, 15) is 0 Å². The monoisotopic (exact) mass is 430 g/mol. The average molecular weight is 431 g/mol. The molecule has 168 valence electrons. The lowest BCUT2D eigenvalue weighted by atomic mass is 10.1. The first kappa shape index (κ1) is 27.5. The van der Waals surface area contributed by atoms with Gasteiger partial charge >= 0.3 is 11.9 Å². The van der Waals surface area contributed by atoms with Crippen LogP contribution in [0.25, 0.3) is 0 Å². The van der Waals surface area contributed by atoms with E-state index in [0.717, 1.165) is 13.2 Å². The van der Waals surface area contributed by atoms with Crippen molar-refractivity contribution in [2.24, 2.45) is 0 Å². The van der Waals surface area contributed by atoms with E-state index in [2.05, 4.69) is 16.5 Å². The first-order valence-corrected chi connectivity index (χ1v) is 11.6. The Morgan fingerprint density at radius 3 is 2.00 bits per heavy atom. The fraction of sp³-hybridized carbons (Fsp3) is 0.762. The number of hydrogen-bond donors (Lipinski definition) is 2. The average Bonchev–Trinajstić information content (AvgIpc) is 3.19. The molecule has 0 saturated carbocycles. The highest BCUT2D eigenvalue weighted by molar-refractivity contribution is 7.99. The van der Waals surface area contributed by atoms with E-state index < -0.39 is 11.9 Å². The van der Waals surface area contributed by atoms with Gasteiger partial charge in [0.05, 0.1) is 12.9 Å². The molecule has 1 aromatic rings. The summed E-state index contributed by atoms with van der Waals surface area (Å²) >= 11 is 2.05. The number of imidazole rings is 1. The molecule has 0 aliphatic heterocycles. The van der Waals surface area contributed by atoms with Gasteiger partial charge in [0, 0.05) is 31.3 Å². The predicted octanol–water partition coefficient (Wildman–Crippen LogP) is 4.71. The minimum atomic E-state index is -1.82. The van der Waals surface area contributed by atoms with Gasteiger partial charge in [-0.05, 0) is 12.2 Å². The smallest absolute Gasteiger partial charge is 0.414 e. The van der Waals surface area contributed by atoms with Crippen LogP contribution in [-0.4, -0.2) is 56.4 Å². The lowest BCUT2D eigenvalue weighted by Gasteiger charge is -2.16. The lowest BCUT2D eigenvalue weighted by Crippen LogP contribution is -2.18. The molecule has 2 N–H and O–H groups in total. The van der Waals surface area contributed by atoms with Crippen molar-refractivity contribution in [3.8, 4) is 0 Å². The number of thioether (sulfide) groups is 1. The molecule has 8 heteroatoms. The van der Waals surface area contributed by atoms with Gasteiger partial charge in [-0.25, -0.2) is 14.6 Å². The standard InChI is InChI=1S/C19H36N2OS.C2H2O4/c1-3-4-5-6-7-8-9-10-11-12-15-23-19(17-22-2)16-21-14-13-20-18-21;3-1(4)2(5)6/h13-14,18-19H,3-12,15-17H2,1-2H3;(H,3,4)(H,5,6). The summed E-state index contributed by atoms with van der Waals surface area (Å²) in [6, 6.07) is 0. The van der Waals surface area contributed by atoms with E-state index in [1.807, 2.05) is 30.5 Å². The number of aromatic nitrogens is 2. The Morgan fingerprint density at radius 1 is 1.00 bits per heavy atom. The SMILES string of the molecule is CCCCCCCCCCCCSC(COC)Cn1ccnc1.O=C(O)C(=O)O. The molecule has 0 spiro atoms. The molecule has 29 heavy (non-hydrogen) atoms. The highest BCUT2D eigenvalue weighted by atomic mass is 32.2. The number of carbonyl (C=O) groups is 2. The Balaban J connectivity index is 0.00000113. The number of ether oxygens (including phenoxy) is 1. The molecule has 1 rings (SSSR count). The van der Waals surface area contributed by atoms with Gasteiger partial charge in [0.25, 0.3) is 0 Å². The van der Waals surface area contributed by atoms with Crippen molar-refractivity contribution in [1.29, 1.82) is 0 Å². The summed E-state index contributed by atoms with van der Waals surface area (Å²) in [5.41, 5.74) is 0. The minimum Gasteiger partial charge on any atom is -0.473 e. The first-order valence-electron chi connectivity index (χ1n) is 10.5. The largest absolute Gasteiger partial charge is 0.473 e. The topological polar surface area (TPSA) is 102 Å². The van der Waals surface area contributed by atoms with Crippen molar-refractivity contribution in [3.63, 3.8) is 0 Å². The van der Waals surface area contributed by atoms with E-state index in [4.69, 9.17) is 24.5 Å². The summed E-state index contributed by atoms with van der Waals surface area (Å²) in [4.78, 5) is 22.3. The van der Waals surface area contributed by atoms with Crippen LogP contribution >= 0.6 is 11.8 Å². The number of rotatable bonds is 16. The van der Waals surface area contributed by atoms with Gasteiger partial charge in [-0.1, -0.05) is 64.7 Å². The van der Waals surface area contributed by atoms with Crippen LogP contribution in [0.15, 0.2) is 18.7 Å². The summed E-state index contributed by atoms with van der Waals surface area (Å²) in [7, 11) is 1.79. The molecule has 0 amide bonds. The second-order valence-electron chi connectivity index (χ2n) is 7.00. The number of unbranched alkanes of at least 4 members (excludes halogenated alkanes) is 9. The molecular formula is C21H38N2O5S. The van der Waals surface area contributed by atoms with Gasteiger partial charge in [0.2, 0.25) is 0 Å². The van der Waals surface area contributed by atoms with Crippen LogP contribution in [0.3, 0.4) is 0 Å². The highest BCUT2D eigenvalue weighted by Gasteiger charge is 2.09. The van der Waals surface area contributed by atoms with E-state index in [-0.39, 0.29) is 0 Å². The zero-order chi connectivity index (χ0) is 21.7. The zero-order valence-electron chi connectivity index (χ0n) is 17.9. The summed E-state index contributed by atoms with van der Waals surface area (Å²) in [6.45, 7) is 4.10. The third-order valence-electron chi connectivity index (χ3n) is 4.36. The van der Waals surface area contributed by atoms with Gasteiger partial charge in [-0.3, -0.25) is 0 Å². The lowest BCUT2D eigenvalue weighted by molar-refractivity contribution is -0.159. The van der Waals surface area contributed by atoms with Crippen molar-refractivity contribution in [1.82, 2.24) is 9.55 Å². The third-order valence-corrected chi connectivity index (χ3v) is 5.64. The zero-order valence-corrected chi connectivity index (χ0v) is 18.7. The molecule has 0 fully saturated rings. The van der Waals surface area contributed by atoms with Crippen LogP contribution < -0.4 is 0 Å². The van der Waals surface area contributed by atoms with Crippen LogP contribution in [0.4, 0.5) is 0 Å². The Hall–Kier alpha value is -1.54. The fourth-order valence-electron chi connectivity index (χ4n) is 2.81. The van der Waals surface area contributed by atoms with Gasteiger partial charge in [-0.15, -0.1) is 0 Å². The normalized spacial score (nSPS) is 11.5. The number of aliphatic carboxylic acids is 2.